The number of hydrogen-bond acceptors (Lipinski definition) is 4. The molecule has 0 aliphatic carbocycles. The van der Waals surface area contributed by atoms with E-state index in [0.717, 1.165) is 24.1 Å². The van der Waals surface area contributed by atoms with Crippen LogP contribution in [0.4, 0.5) is 5.69 Å². The number of nitrogens with one attached hydrogen (secondary N) is 1. The summed E-state index contributed by atoms with van der Waals surface area (Å²) >= 11 is 0. The minimum absolute atomic E-state index is 0.0582. The third kappa shape index (κ3) is 4.62. The summed E-state index contributed by atoms with van der Waals surface area (Å²) in [6, 6.07) is 26.5. The first-order valence-electron chi connectivity index (χ1n) is 11.4. The molecule has 1 saturated heterocycles. The van der Waals surface area contributed by atoms with Crippen molar-refractivity contribution in [3.63, 3.8) is 0 Å². The highest BCUT2D eigenvalue weighted by molar-refractivity contribution is 6.00. The minimum Gasteiger partial charge on any atom is -0.436 e. The summed E-state index contributed by atoms with van der Waals surface area (Å²) in [7, 11) is 0. The Hall–Kier alpha value is -4.19. The Labute approximate surface area is 198 Å². The number of carbonyl (C=O) groups excluding carboxylic acids is 2. The number of likely N-dealkylation sites (tertiary alicyclic amines) is 1. The molecule has 3 aromatic carbocycles. The molecule has 5 rings (SSSR count). The molecule has 4 aromatic rings. The van der Waals surface area contributed by atoms with Gasteiger partial charge < -0.3 is 14.6 Å². The monoisotopic (exact) mass is 451 g/mol. The van der Waals surface area contributed by atoms with Crippen molar-refractivity contribution < 1.29 is 14.0 Å². The van der Waals surface area contributed by atoms with Gasteiger partial charge in [0.2, 0.25) is 11.8 Å². The Morgan fingerprint density at radius 3 is 2.41 bits per heavy atom. The van der Waals surface area contributed by atoms with Gasteiger partial charge in [-0.15, -0.1) is 0 Å². The molecule has 0 spiro atoms. The lowest BCUT2D eigenvalue weighted by atomic mass is 9.95. The van der Waals surface area contributed by atoms with Crippen molar-refractivity contribution in [2.45, 2.75) is 12.8 Å². The normalized spacial score (nSPS) is 15.6. The number of anilines is 1. The molecule has 1 aromatic heterocycles. The maximum absolute atomic E-state index is 13.5. The van der Waals surface area contributed by atoms with Crippen LogP contribution < -0.4 is 5.32 Å². The fraction of sp³-hybridized carbons (Fsp3) is 0.179. The SMILES string of the molecule is O=C(Nc1ccccc1)C1CCCN(C(=O)c2ccccc2-c2ncc(-c3ccccc3)o2)C1. The summed E-state index contributed by atoms with van der Waals surface area (Å²) < 4.78 is 6.01. The highest BCUT2D eigenvalue weighted by atomic mass is 16.4. The molecule has 6 nitrogen and oxygen atoms in total. The maximum Gasteiger partial charge on any atom is 0.254 e. The van der Waals surface area contributed by atoms with Crippen LogP contribution in [0.15, 0.2) is 95.5 Å². The van der Waals surface area contributed by atoms with E-state index in [1.807, 2.05) is 78.9 Å². The number of para-hydroxylation sites is 1. The van der Waals surface area contributed by atoms with Crippen molar-refractivity contribution in [2.24, 2.45) is 5.92 Å². The topological polar surface area (TPSA) is 75.4 Å². The van der Waals surface area contributed by atoms with E-state index in [-0.39, 0.29) is 17.7 Å². The lowest BCUT2D eigenvalue weighted by Gasteiger charge is -2.32. The van der Waals surface area contributed by atoms with E-state index in [0.29, 0.717) is 35.9 Å². The van der Waals surface area contributed by atoms with Gasteiger partial charge in [0.15, 0.2) is 5.76 Å². The van der Waals surface area contributed by atoms with Crippen LogP contribution in [0.1, 0.15) is 23.2 Å². The van der Waals surface area contributed by atoms with Gasteiger partial charge in [-0.05, 0) is 37.1 Å². The maximum atomic E-state index is 13.5. The van der Waals surface area contributed by atoms with Crippen LogP contribution in [0.3, 0.4) is 0 Å². The van der Waals surface area contributed by atoms with Crippen LogP contribution in [-0.4, -0.2) is 34.8 Å². The fourth-order valence-electron chi connectivity index (χ4n) is 4.30. The van der Waals surface area contributed by atoms with E-state index >= 15 is 0 Å². The summed E-state index contributed by atoms with van der Waals surface area (Å²) in [4.78, 5) is 32.5. The Kier molecular flexibility index (Phi) is 6.21. The molecule has 1 N–H and O–H groups in total. The van der Waals surface area contributed by atoms with Gasteiger partial charge in [-0.2, -0.15) is 0 Å². The van der Waals surface area contributed by atoms with E-state index in [4.69, 9.17) is 4.42 Å². The first-order chi connectivity index (χ1) is 16.7. The molecule has 1 unspecified atom stereocenters. The molecule has 2 amide bonds. The van der Waals surface area contributed by atoms with Crippen molar-refractivity contribution in [1.29, 1.82) is 0 Å². The van der Waals surface area contributed by atoms with Crippen LogP contribution in [0.5, 0.6) is 0 Å². The largest absolute Gasteiger partial charge is 0.436 e. The van der Waals surface area contributed by atoms with Gasteiger partial charge in [0.1, 0.15) is 0 Å². The van der Waals surface area contributed by atoms with E-state index in [1.165, 1.54) is 0 Å². The van der Waals surface area contributed by atoms with Crippen molar-refractivity contribution in [3.05, 3.63) is 96.7 Å². The lowest BCUT2D eigenvalue weighted by molar-refractivity contribution is -0.121. The van der Waals surface area contributed by atoms with Crippen molar-refractivity contribution in [1.82, 2.24) is 9.88 Å². The summed E-state index contributed by atoms with van der Waals surface area (Å²) in [5.41, 5.74) is 2.85. The second-order valence-corrected chi connectivity index (χ2v) is 8.39. The minimum atomic E-state index is -0.253. The van der Waals surface area contributed by atoms with Gasteiger partial charge in [-0.1, -0.05) is 60.7 Å². The molecule has 1 aliphatic rings. The van der Waals surface area contributed by atoms with Crippen molar-refractivity contribution >= 4 is 17.5 Å². The molecule has 1 atom stereocenters. The lowest BCUT2D eigenvalue weighted by Crippen LogP contribution is -2.43. The Bertz CT molecular complexity index is 1280. The number of rotatable bonds is 5. The number of amides is 2. The number of nitrogens with zero attached hydrogens (tertiary/aromatic N) is 2. The van der Waals surface area contributed by atoms with Gasteiger partial charge in [-0.25, -0.2) is 4.98 Å². The van der Waals surface area contributed by atoms with E-state index in [2.05, 4.69) is 10.3 Å². The van der Waals surface area contributed by atoms with Crippen LogP contribution in [0.25, 0.3) is 22.8 Å². The third-order valence-electron chi connectivity index (χ3n) is 6.07. The zero-order valence-corrected chi connectivity index (χ0v) is 18.7. The number of carbonyl (C=O) groups is 2. The van der Waals surface area contributed by atoms with E-state index < -0.39 is 0 Å². The van der Waals surface area contributed by atoms with Crippen LogP contribution in [0, 0.1) is 5.92 Å². The third-order valence-corrected chi connectivity index (χ3v) is 6.07. The number of piperidine rings is 1. The van der Waals surface area contributed by atoms with Crippen LogP contribution >= 0.6 is 0 Å². The molecule has 1 aliphatic heterocycles. The van der Waals surface area contributed by atoms with Gasteiger partial charge in [-0.3, -0.25) is 9.59 Å². The highest BCUT2D eigenvalue weighted by Crippen LogP contribution is 2.30. The molecule has 34 heavy (non-hydrogen) atoms. The van der Waals surface area contributed by atoms with Crippen LogP contribution in [0.2, 0.25) is 0 Å². The van der Waals surface area contributed by atoms with Gasteiger partial charge in [0.25, 0.3) is 5.91 Å². The zero-order valence-electron chi connectivity index (χ0n) is 18.7. The van der Waals surface area contributed by atoms with Gasteiger partial charge in [0, 0.05) is 29.9 Å². The molecule has 0 saturated carbocycles. The predicted molar refractivity (Wildman–Crippen MR) is 131 cm³/mol. The summed E-state index contributed by atoms with van der Waals surface area (Å²) in [5, 5.41) is 2.96. The summed E-state index contributed by atoms with van der Waals surface area (Å²) in [6.45, 7) is 0.996. The molecule has 0 radical (unpaired) electrons. The Morgan fingerprint density at radius 2 is 1.62 bits per heavy atom. The van der Waals surface area contributed by atoms with Crippen molar-refractivity contribution in [2.75, 3.05) is 18.4 Å². The molecule has 1 fully saturated rings. The molecule has 6 heteroatoms. The quantitative estimate of drug-likeness (QED) is 0.435. The van der Waals surface area contributed by atoms with E-state index in [1.54, 1.807) is 17.2 Å². The number of oxazole rings is 1. The number of hydrogen-bond donors (Lipinski definition) is 1. The molecule has 2 heterocycles. The molecule has 170 valence electrons. The Morgan fingerprint density at radius 1 is 0.912 bits per heavy atom. The molecular formula is C28H25N3O3. The number of aromatic nitrogens is 1. The first-order valence-corrected chi connectivity index (χ1v) is 11.4. The second kappa shape index (κ2) is 9.75. The average Bonchev–Trinajstić information content (AvgIpc) is 3.40. The molecular weight excluding hydrogens is 426 g/mol. The summed E-state index contributed by atoms with van der Waals surface area (Å²) in [5.74, 6) is 0.618. The van der Waals surface area contributed by atoms with Crippen molar-refractivity contribution in [3.8, 4) is 22.8 Å². The van der Waals surface area contributed by atoms with Crippen LogP contribution in [-0.2, 0) is 4.79 Å². The van der Waals surface area contributed by atoms with E-state index in [9.17, 15) is 9.59 Å². The number of benzene rings is 3. The second-order valence-electron chi connectivity index (χ2n) is 8.39. The fourth-order valence-corrected chi connectivity index (χ4v) is 4.30. The Balaban J connectivity index is 1.34. The predicted octanol–water partition coefficient (Wildman–Crippen LogP) is 5.50. The first kappa shape index (κ1) is 21.6. The average molecular weight is 452 g/mol. The summed E-state index contributed by atoms with van der Waals surface area (Å²) in [6.07, 6.45) is 3.21. The standard InChI is InChI=1S/C28H25N3O3/c32-26(30-22-13-5-2-6-14-22)21-12-9-17-31(19-21)28(33)24-16-8-7-15-23(24)27-29-18-25(34-27)20-10-3-1-4-11-20/h1-8,10-11,13-16,18,21H,9,12,17,19H2,(H,30,32). The highest BCUT2D eigenvalue weighted by Gasteiger charge is 2.30. The van der Waals surface area contributed by atoms with Gasteiger partial charge in [0.05, 0.1) is 17.7 Å². The zero-order chi connectivity index (χ0) is 23.3. The van der Waals surface area contributed by atoms with Gasteiger partial charge >= 0.3 is 0 Å². The smallest absolute Gasteiger partial charge is 0.254 e. The molecule has 0 bridgehead atoms.